The Morgan fingerprint density at radius 1 is 0.450 bits per heavy atom. The first-order valence-electron chi connectivity index (χ1n) is 32.7. The van der Waals surface area contributed by atoms with E-state index in [4.69, 9.17) is 13.8 Å². The quantitative estimate of drug-likeness (QED) is 0.0212. The van der Waals surface area contributed by atoms with Gasteiger partial charge in [0.05, 0.1) is 33.8 Å². The molecule has 0 spiro atoms. The molecule has 0 radical (unpaired) electrons. The first-order valence-corrected chi connectivity index (χ1v) is 34.2. The Morgan fingerprint density at radius 3 is 1.25 bits per heavy atom. The zero-order valence-corrected chi connectivity index (χ0v) is 53.4. The molecule has 1 amide bonds. The molecule has 0 saturated heterocycles. The number of amides is 1. The highest BCUT2D eigenvalue weighted by molar-refractivity contribution is 7.45. The van der Waals surface area contributed by atoms with E-state index in [1.165, 1.54) is 141 Å². The fourth-order valence-electron chi connectivity index (χ4n) is 8.93. The van der Waals surface area contributed by atoms with Crippen molar-refractivity contribution < 1.29 is 37.3 Å². The number of allylic oxidation sites excluding steroid dienone is 17. The van der Waals surface area contributed by atoms with Crippen LogP contribution in [-0.2, 0) is 27.9 Å². The van der Waals surface area contributed by atoms with Gasteiger partial charge in [-0.05, 0) is 102 Å². The predicted octanol–water partition coefficient (Wildman–Crippen LogP) is 19.9. The van der Waals surface area contributed by atoms with Crippen LogP contribution in [0.2, 0.25) is 0 Å². The number of hydrogen-bond donors (Lipinski definition) is 1. The Kier molecular flexibility index (Phi) is 56.4. The molecule has 0 heterocycles. The van der Waals surface area contributed by atoms with E-state index < -0.39 is 26.6 Å². The number of hydrogen-bond acceptors (Lipinski definition) is 7. The van der Waals surface area contributed by atoms with Crippen molar-refractivity contribution in [1.82, 2.24) is 5.32 Å². The average Bonchev–Trinajstić information content (AvgIpc) is 3.42. The van der Waals surface area contributed by atoms with Gasteiger partial charge in [0.1, 0.15) is 19.3 Å². The molecule has 0 fully saturated rings. The molecule has 10 heteroatoms. The molecule has 0 rings (SSSR count). The van der Waals surface area contributed by atoms with Gasteiger partial charge in [0, 0.05) is 12.8 Å². The molecule has 1 N–H and O–H groups in total. The van der Waals surface area contributed by atoms with Crippen molar-refractivity contribution in [2.24, 2.45) is 0 Å². The number of likely N-dealkylation sites (N-methyl/N-ethyl adjacent to an activating group) is 1. The first-order chi connectivity index (χ1) is 38.9. The summed E-state index contributed by atoms with van der Waals surface area (Å²) in [6.45, 7) is 6.65. The highest BCUT2D eigenvalue weighted by atomic mass is 31.2. The van der Waals surface area contributed by atoms with Crippen molar-refractivity contribution in [3.8, 4) is 0 Å². The van der Waals surface area contributed by atoms with Gasteiger partial charge in [-0.25, -0.2) is 0 Å². The van der Waals surface area contributed by atoms with Gasteiger partial charge >= 0.3 is 5.97 Å². The molecule has 0 aliphatic heterocycles. The maximum Gasteiger partial charge on any atom is 0.306 e. The van der Waals surface area contributed by atoms with Crippen molar-refractivity contribution in [3.05, 3.63) is 109 Å². The lowest BCUT2D eigenvalue weighted by molar-refractivity contribution is -0.870. The molecule has 0 aromatic rings. The average molecular weight is 1140 g/mol. The topological polar surface area (TPSA) is 114 Å². The van der Waals surface area contributed by atoms with Crippen molar-refractivity contribution in [2.45, 2.75) is 283 Å². The van der Waals surface area contributed by atoms with Crippen LogP contribution in [0.4, 0.5) is 0 Å². The van der Waals surface area contributed by atoms with Crippen LogP contribution in [0.25, 0.3) is 0 Å². The maximum atomic E-state index is 13.5. The van der Waals surface area contributed by atoms with Gasteiger partial charge < -0.3 is 28.5 Å². The number of nitrogens with one attached hydrogen (secondary N) is 1. The summed E-state index contributed by atoms with van der Waals surface area (Å²) in [5.41, 5.74) is 0. The Morgan fingerprint density at radius 2 is 0.812 bits per heavy atom. The number of carbonyl (C=O) groups excluding carboxylic acids is 2. The van der Waals surface area contributed by atoms with Gasteiger partial charge in [-0.1, -0.05) is 265 Å². The van der Waals surface area contributed by atoms with Gasteiger partial charge in [0.2, 0.25) is 5.91 Å². The van der Waals surface area contributed by atoms with Crippen LogP contribution in [0.3, 0.4) is 0 Å². The van der Waals surface area contributed by atoms with E-state index in [2.05, 4.69) is 111 Å². The smallest absolute Gasteiger partial charge is 0.306 e. The number of unbranched alkanes of at least 4 members (excludes halogenated alkanes) is 26. The number of nitrogens with zero attached hydrogens (tertiary/aromatic N) is 1. The number of rotatable bonds is 58. The summed E-state index contributed by atoms with van der Waals surface area (Å²) in [5, 5.41) is 2.98. The second-order valence-electron chi connectivity index (χ2n) is 22.9. The van der Waals surface area contributed by atoms with Gasteiger partial charge in [-0.3, -0.25) is 14.2 Å². The summed E-state index contributed by atoms with van der Waals surface area (Å²) in [5.74, 6) is -0.641. The number of ether oxygens (including phenoxy) is 1. The molecule has 9 nitrogen and oxygen atoms in total. The zero-order valence-electron chi connectivity index (χ0n) is 52.5. The summed E-state index contributed by atoms with van der Waals surface area (Å²) >= 11 is 0. The van der Waals surface area contributed by atoms with E-state index in [9.17, 15) is 19.0 Å². The molecule has 0 saturated carbocycles. The standard InChI is InChI=1S/C70H123N2O7P/c1-7-10-13-16-19-22-25-28-30-32-34-35-36-37-39-41-43-45-48-51-54-57-60-63-70(74)79-68(61-58-55-52-49-46-27-24-21-18-15-12-9-3)67(66-78-80(75,76)77-65-64-72(4,5)6)71-69(73)62-59-56-53-50-47-44-42-40-38-33-31-29-26-23-20-17-14-11-8-2/h11,14,19-20,22-23,28-31,38,40,44,47,53,56,58,61,67-68H,7-10,12-13,15-18,21,24-27,32-37,39,41-43,45-46,48-52,54-55,57,59-60,62-66H2,1-6H3,(H-,71,73,75,76)/b14-11-,22-19-,23-20-,30-28-,31-29-,40-38-,47-44-,56-53-,61-58+. The third-order valence-electron chi connectivity index (χ3n) is 14.0. The fourth-order valence-corrected chi connectivity index (χ4v) is 9.65. The molecule has 0 aromatic heterocycles. The van der Waals surface area contributed by atoms with E-state index in [0.717, 1.165) is 89.9 Å². The van der Waals surface area contributed by atoms with Crippen LogP contribution in [0.5, 0.6) is 0 Å². The lowest BCUT2D eigenvalue weighted by atomic mass is 10.0. The van der Waals surface area contributed by atoms with Crippen molar-refractivity contribution >= 4 is 19.7 Å². The first kappa shape index (κ1) is 76.7. The fraction of sp³-hybridized carbons (Fsp3) is 0.714. The van der Waals surface area contributed by atoms with Crippen molar-refractivity contribution in [3.63, 3.8) is 0 Å². The molecular formula is C70H123N2O7P. The van der Waals surface area contributed by atoms with E-state index in [0.29, 0.717) is 17.4 Å². The number of phosphoric acid groups is 1. The molecule has 3 atom stereocenters. The number of quaternary nitrogens is 1. The van der Waals surface area contributed by atoms with E-state index in [-0.39, 0.29) is 31.3 Å². The third kappa shape index (κ3) is 59.3. The van der Waals surface area contributed by atoms with Gasteiger partial charge in [-0.15, -0.1) is 0 Å². The molecule has 0 aliphatic carbocycles. The monoisotopic (exact) mass is 1130 g/mol. The van der Waals surface area contributed by atoms with Crippen molar-refractivity contribution in [1.29, 1.82) is 0 Å². The van der Waals surface area contributed by atoms with E-state index in [1.54, 1.807) is 0 Å². The Hall–Kier alpha value is -3.33. The van der Waals surface area contributed by atoms with E-state index in [1.807, 2.05) is 45.4 Å². The molecular weight excluding hydrogens is 1010 g/mol. The summed E-state index contributed by atoms with van der Waals surface area (Å²) in [7, 11) is 1.13. The molecule has 460 valence electrons. The van der Waals surface area contributed by atoms with Gasteiger partial charge in [-0.2, -0.15) is 0 Å². The summed E-state index contributed by atoms with van der Waals surface area (Å²) in [6.07, 6.45) is 80.8. The molecule has 0 aromatic carbocycles. The Balaban J connectivity index is 5.27. The minimum atomic E-state index is -4.73. The maximum absolute atomic E-state index is 13.5. The third-order valence-corrected chi connectivity index (χ3v) is 14.9. The molecule has 3 unspecified atom stereocenters. The van der Waals surface area contributed by atoms with Crippen LogP contribution < -0.4 is 10.2 Å². The second-order valence-corrected chi connectivity index (χ2v) is 24.3. The SMILES string of the molecule is CC/C=C\C/C=C\C/C=C\C/C=C\C/C=C\C/C=C\CCC(=O)NC(COP(=O)([O-])OCC[N+](C)(C)C)C(/C=C/CCCCCCCCCCCC)OC(=O)CCCCCCCCCCCCCCC/C=C\C/C=C\CCCCC. The predicted molar refractivity (Wildman–Crippen MR) is 344 cm³/mol. The Bertz CT molecular complexity index is 1740. The van der Waals surface area contributed by atoms with Crippen LogP contribution >= 0.6 is 7.82 Å². The normalized spacial score (nSPS) is 14.3. The summed E-state index contributed by atoms with van der Waals surface area (Å²) in [6, 6.07) is -0.935. The number of carbonyl (C=O) groups is 2. The van der Waals surface area contributed by atoms with Crippen molar-refractivity contribution in [2.75, 3.05) is 40.9 Å². The van der Waals surface area contributed by atoms with Crippen LogP contribution in [-0.4, -0.2) is 69.4 Å². The minimum Gasteiger partial charge on any atom is -0.756 e. The largest absolute Gasteiger partial charge is 0.756 e. The summed E-state index contributed by atoms with van der Waals surface area (Å²) in [4.78, 5) is 40.0. The number of esters is 1. The summed E-state index contributed by atoms with van der Waals surface area (Å²) < 4.78 is 30.3. The Labute approximate surface area is 493 Å². The highest BCUT2D eigenvalue weighted by Gasteiger charge is 2.27. The van der Waals surface area contributed by atoms with Gasteiger partial charge in [0.15, 0.2) is 0 Å². The van der Waals surface area contributed by atoms with Crippen LogP contribution in [0.1, 0.15) is 271 Å². The molecule has 0 bridgehead atoms. The lowest BCUT2D eigenvalue weighted by Crippen LogP contribution is -2.47. The lowest BCUT2D eigenvalue weighted by Gasteiger charge is -2.30. The molecule has 0 aliphatic rings. The molecule has 80 heavy (non-hydrogen) atoms. The van der Waals surface area contributed by atoms with Gasteiger partial charge in [0.25, 0.3) is 7.82 Å². The van der Waals surface area contributed by atoms with Crippen LogP contribution in [0, 0.1) is 0 Å². The van der Waals surface area contributed by atoms with E-state index >= 15 is 0 Å². The number of phosphoric ester groups is 1. The van der Waals surface area contributed by atoms with Crippen LogP contribution in [0.15, 0.2) is 109 Å². The zero-order chi connectivity index (χ0) is 58.6. The highest BCUT2D eigenvalue weighted by Crippen LogP contribution is 2.38. The minimum absolute atomic E-state index is 0.0405. The second kappa shape index (κ2) is 58.9.